The average Bonchev–Trinajstić information content (AvgIpc) is 3.53. The lowest BCUT2D eigenvalue weighted by Gasteiger charge is -2.39. The second-order valence-electron chi connectivity index (χ2n) is 10.7. The topological polar surface area (TPSA) is 26.7 Å². The molecule has 2 saturated heterocycles. The van der Waals surface area contributed by atoms with Crippen molar-refractivity contribution in [3.8, 4) is 0 Å². The Bertz CT molecular complexity index is 1100. The maximum absolute atomic E-state index is 11.2. The monoisotopic (exact) mass is 542 g/mol. The molecule has 0 aliphatic carbocycles. The molecule has 2 aliphatic rings. The fraction of sp³-hybridized carbons (Fsp3) is 0.467. The number of likely N-dealkylation sites (tertiary alicyclic amines) is 2. The molecule has 0 spiro atoms. The van der Waals surface area contributed by atoms with Crippen molar-refractivity contribution in [3.63, 3.8) is 0 Å². The van der Waals surface area contributed by atoms with Crippen molar-refractivity contribution in [1.29, 1.82) is 0 Å². The maximum atomic E-state index is 11.2. The third kappa shape index (κ3) is 6.72. The Kier molecular flexibility index (Phi) is 8.72. The van der Waals surface area contributed by atoms with Gasteiger partial charge >= 0.3 is 0 Å². The van der Waals surface area contributed by atoms with Gasteiger partial charge in [0.2, 0.25) is 0 Å². The van der Waals surface area contributed by atoms with E-state index in [9.17, 15) is 5.11 Å². The van der Waals surface area contributed by atoms with Gasteiger partial charge in [0.15, 0.2) is 0 Å². The molecule has 2 fully saturated rings. The Morgan fingerprint density at radius 2 is 1.78 bits per heavy atom. The van der Waals surface area contributed by atoms with Gasteiger partial charge in [0.05, 0.1) is 5.60 Å². The molecule has 0 saturated carbocycles. The van der Waals surface area contributed by atoms with E-state index in [4.69, 9.17) is 23.2 Å². The molecule has 3 heterocycles. The second kappa shape index (κ2) is 12.0. The summed E-state index contributed by atoms with van der Waals surface area (Å²) in [5.74, 6) is 1.11. The lowest BCUT2D eigenvalue weighted by molar-refractivity contribution is -0.0316. The Labute approximate surface area is 229 Å². The first kappa shape index (κ1) is 26.2. The number of piperidine rings is 1. The first-order valence-corrected chi connectivity index (χ1v) is 14.8. The number of hydrogen-bond acceptors (Lipinski definition) is 4. The van der Waals surface area contributed by atoms with Crippen LogP contribution in [0.15, 0.2) is 65.4 Å². The van der Waals surface area contributed by atoms with Crippen LogP contribution >= 0.6 is 34.5 Å². The van der Waals surface area contributed by atoms with E-state index in [0.29, 0.717) is 16.9 Å². The Hall–Kier alpha value is -1.40. The highest BCUT2D eigenvalue weighted by atomic mass is 35.5. The number of aliphatic hydroxyl groups is 1. The van der Waals surface area contributed by atoms with Gasteiger partial charge in [0, 0.05) is 55.2 Å². The Morgan fingerprint density at radius 3 is 2.50 bits per heavy atom. The van der Waals surface area contributed by atoms with E-state index in [1.54, 1.807) is 11.3 Å². The predicted octanol–water partition coefficient (Wildman–Crippen LogP) is 7.12. The molecule has 36 heavy (non-hydrogen) atoms. The van der Waals surface area contributed by atoms with Gasteiger partial charge in [-0.05, 0) is 83.7 Å². The third-order valence-electron chi connectivity index (χ3n) is 8.13. The van der Waals surface area contributed by atoms with Crippen LogP contribution in [0.4, 0.5) is 0 Å². The van der Waals surface area contributed by atoms with Crippen molar-refractivity contribution in [2.75, 3.05) is 32.7 Å². The highest BCUT2D eigenvalue weighted by molar-refractivity contribution is 7.08. The van der Waals surface area contributed by atoms with Crippen LogP contribution in [-0.4, -0.2) is 53.2 Å². The van der Waals surface area contributed by atoms with Crippen LogP contribution in [-0.2, 0) is 13.0 Å². The number of aryl methyl sites for hydroxylation is 1. The molecule has 3 aromatic rings. The number of rotatable bonds is 9. The van der Waals surface area contributed by atoms with Crippen molar-refractivity contribution in [3.05, 3.63) is 92.1 Å². The molecule has 0 amide bonds. The lowest BCUT2D eigenvalue weighted by Crippen LogP contribution is -2.46. The van der Waals surface area contributed by atoms with E-state index in [-0.39, 0.29) is 0 Å². The molecule has 2 aromatic carbocycles. The molecule has 1 aromatic heterocycles. The van der Waals surface area contributed by atoms with Crippen molar-refractivity contribution in [2.45, 2.75) is 50.2 Å². The van der Waals surface area contributed by atoms with Gasteiger partial charge in [-0.3, -0.25) is 4.90 Å². The molecule has 2 atom stereocenters. The quantitative estimate of drug-likeness (QED) is 0.311. The summed E-state index contributed by atoms with van der Waals surface area (Å²) in [5, 5.41) is 17.2. The summed E-state index contributed by atoms with van der Waals surface area (Å²) < 4.78 is 0. The fourth-order valence-electron chi connectivity index (χ4n) is 6.03. The molecule has 1 N–H and O–H groups in total. The van der Waals surface area contributed by atoms with Gasteiger partial charge in [-0.25, -0.2) is 0 Å². The standard InChI is InChI=1S/C30H36Cl2N2OS/c31-27-9-8-24(29(32)17-27)18-34-20-26(28(21-34)25-10-16-36-22-25)19-33-14-12-30(35,13-15-33)11-4-7-23-5-2-1-3-6-23/h1-3,5-6,8-10,16-17,22,26,28,35H,4,7,11-15,18-21H2. The number of halogens is 2. The highest BCUT2D eigenvalue weighted by Gasteiger charge is 2.38. The molecule has 6 heteroatoms. The zero-order chi connectivity index (χ0) is 25.0. The first-order valence-electron chi connectivity index (χ1n) is 13.1. The summed E-state index contributed by atoms with van der Waals surface area (Å²) in [7, 11) is 0. The molecular formula is C30H36Cl2N2OS. The van der Waals surface area contributed by atoms with Crippen molar-refractivity contribution < 1.29 is 5.11 Å². The minimum absolute atomic E-state index is 0.509. The van der Waals surface area contributed by atoms with Gasteiger partial charge in [-0.2, -0.15) is 11.3 Å². The molecular weight excluding hydrogens is 507 g/mol. The molecule has 5 rings (SSSR count). The minimum Gasteiger partial charge on any atom is -0.390 e. The summed E-state index contributed by atoms with van der Waals surface area (Å²) >= 11 is 14.4. The van der Waals surface area contributed by atoms with Crippen LogP contribution in [0.3, 0.4) is 0 Å². The Morgan fingerprint density at radius 1 is 0.972 bits per heavy atom. The minimum atomic E-state index is -0.509. The normalized spacial score (nSPS) is 22.8. The van der Waals surface area contributed by atoms with E-state index in [1.165, 1.54) is 11.1 Å². The number of hydrogen-bond donors (Lipinski definition) is 1. The molecule has 0 bridgehead atoms. The zero-order valence-corrected chi connectivity index (χ0v) is 23.1. The van der Waals surface area contributed by atoms with Crippen LogP contribution in [0.5, 0.6) is 0 Å². The van der Waals surface area contributed by atoms with Crippen LogP contribution in [0.1, 0.15) is 48.3 Å². The largest absolute Gasteiger partial charge is 0.390 e. The van der Waals surface area contributed by atoms with Gasteiger partial charge in [-0.15, -0.1) is 0 Å². The van der Waals surface area contributed by atoms with Crippen molar-refractivity contribution in [2.24, 2.45) is 5.92 Å². The second-order valence-corrected chi connectivity index (χ2v) is 12.3. The van der Waals surface area contributed by atoms with E-state index in [2.05, 4.69) is 63.0 Å². The van der Waals surface area contributed by atoms with Crippen LogP contribution in [0.2, 0.25) is 10.0 Å². The van der Waals surface area contributed by atoms with E-state index in [1.807, 2.05) is 12.1 Å². The van der Waals surface area contributed by atoms with E-state index in [0.717, 1.165) is 82.0 Å². The van der Waals surface area contributed by atoms with Gasteiger partial charge < -0.3 is 10.0 Å². The summed E-state index contributed by atoms with van der Waals surface area (Å²) in [6.07, 6.45) is 4.74. The molecule has 0 radical (unpaired) electrons. The molecule has 2 unspecified atom stereocenters. The van der Waals surface area contributed by atoms with Gasteiger partial charge in [0.25, 0.3) is 0 Å². The van der Waals surface area contributed by atoms with Crippen LogP contribution in [0, 0.1) is 5.92 Å². The number of thiophene rings is 1. The van der Waals surface area contributed by atoms with Crippen molar-refractivity contribution >= 4 is 34.5 Å². The lowest BCUT2D eigenvalue weighted by atomic mass is 9.84. The zero-order valence-electron chi connectivity index (χ0n) is 20.8. The smallest absolute Gasteiger partial charge is 0.0672 e. The SMILES string of the molecule is OC1(CCCc2ccccc2)CCN(CC2CN(Cc3ccc(Cl)cc3Cl)CC2c2ccsc2)CC1. The summed E-state index contributed by atoms with van der Waals surface area (Å²) in [5.41, 5.74) is 3.46. The fourth-order valence-corrected chi connectivity index (χ4v) is 7.22. The highest BCUT2D eigenvalue weighted by Crippen LogP contribution is 2.37. The number of benzene rings is 2. The molecule has 192 valence electrons. The van der Waals surface area contributed by atoms with Crippen molar-refractivity contribution in [1.82, 2.24) is 9.80 Å². The summed E-state index contributed by atoms with van der Waals surface area (Å²) in [6, 6.07) is 18.7. The number of nitrogens with zero attached hydrogens (tertiary/aromatic N) is 2. The van der Waals surface area contributed by atoms with Crippen LogP contribution < -0.4 is 0 Å². The van der Waals surface area contributed by atoms with Gasteiger partial charge in [0.1, 0.15) is 0 Å². The maximum Gasteiger partial charge on any atom is 0.0672 e. The average molecular weight is 544 g/mol. The van der Waals surface area contributed by atoms with E-state index >= 15 is 0 Å². The predicted molar refractivity (Wildman–Crippen MR) is 152 cm³/mol. The first-order chi connectivity index (χ1) is 17.5. The Balaban J connectivity index is 1.15. The third-order valence-corrected chi connectivity index (χ3v) is 9.42. The molecule has 2 aliphatic heterocycles. The van der Waals surface area contributed by atoms with E-state index < -0.39 is 5.60 Å². The summed E-state index contributed by atoms with van der Waals surface area (Å²) in [6.45, 7) is 6.03. The van der Waals surface area contributed by atoms with Crippen LogP contribution in [0.25, 0.3) is 0 Å². The van der Waals surface area contributed by atoms with Gasteiger partial charge in [-0.1, -0.05) is 59.6 Å². The molecule has 3 nitrogen and oxygen atoms in total. The summed E-state index contributed by atoms with van der Waals surface area (Å²) in [4.78, 5) is 5.14.